The van der Waals surface area contributed by atoms with Gasteiger partial charge in [0.15, 0.2) is 0 Å². The average Bonchev–Trinajstić information content (AvgIpc) is 2.34. The van der Waals surface area contributed by atoms with Crippen LogP contribution in [0.1, 0.15) is 5.82 Å². The van der Waals surface area contributed by atoms with Crippen molar-refractivity contribution in [2.75, 3.05) is 11.9 Å². The lowest BCUT2D eigenvalue weighted by Crippen LogP contribution is -2.13. The zero-order valence-corrected chi connectivity index (χ0v) is 9.33. The van der Waals surface area contributed by atoms with Gasteiger partial charge < -0.3 is 5.32 Å². The van der Waals surface area contributed by atoms with Gasteiger partial charge in [0, 0.05) is 11.9 Å². The molecule has 0 bridgehead atoms. The monoisotopic (exact) mass is 253 g/mol. The molecule has 1 heterocycles. The summed E-state index contributed by atoms with van der Waals surface area (Å²) in [6, 6.07) is 6.54. The molecule has 0 saturated heterocycles. The van der Waals surface area contributed by atoms with Crippen molar-refractivity contribution in [1.82, 2.24) is 9.97 Å². The number of anilines is 1. The van der Waals surface area contributed by atoms with E-state index < -0.39 is 12.0 Å². The Hall–Kier alpha value is -2.11. The van der Waals surface area contributed by atoms with Crippen LogP contribution in [0.3, 0.4) is 0 Å². The number of para-hydroxylation sites is 1. The van der Waals surface area contributed by atoms with E-state index in [1.54, 1.807) is 24.3 Å². The van der Waals surface area contributed by atoms with Crippen molar-refractivity contribution in [3.63, 3.8) is 0 Å². The Kier molecular flexibility index (Phi) is 3.18. The molecule has 94 valence electrons. The van der Waals surface area contributed by atoms with E-state index in [0.29, 0.717) is 11.9 Å². The van der Waals surface area contributed by atoms with Crippen molar-refractivity contribution in [3.05, 3.63) is 42.7 Å². The van der Waals surface area contributed by atoms with Gasteiger partial charge in [0.05, 0.1) is 5.52 Å². The molecule has 1 aromatic heterocycles. The minimum absolute atomic E-state index is 0.160. The zero-order chi connectivity index (χ0) is 13.2. The molecule has 0 aliphatic rings. The fraction of sp³-hybridized carbons (Fsp3) is 0.167. The summed E-state index contributed by atoms with van der Waals surface area (Å²) in [5.41, 5.74) is 0.256. The molecule has 2 rings (SSSR count). The first-order valence-corrected chi connectivity index (χ1v) is 5.21. The smallest absolute Gasteiger partial charge is 0.366 e. The number of nitrogens with one attached hydrogen (secondary N) is 1. The van der Waals surface area contributed by atoms with E-state index in [2.05, 4.69) is 21.9 Å². The van der Waals surface area contributed by atoms with E-state index >= 15 is 0 Å². The molecule has 0 spiro atoms. The normalized spacial score (nSPS) is 11.5. The lowest BCUT2D eigenvalue weighted by molar-refractivity contribution is -0.144. The van der Waals surface area contributed by atoms with Crippen molar-refractivity contribution >= 4 is 16.7 Å². The van der Waals surface area contributed by atoms with E-state index in [4.69, 9.17) is 0 Å². The Bertz CT molecular complexity index is 578. The first kappa shape index (κ1) is 12.3. The molecule has 0 unspecified atom stereocenters. The van der Waals surface area contributed by atoms with Crippen molar-refractivity contribution < 1.29 is 13.2 Å². The topological polar surface area (TPSA) is 37.8 Å². The summed E-state index contributed by atoms with van der Waals surface area (Å²) in [6.07, 6.45) is -3.02. The Balaban J connectivity index is 2.60. The maximum absolute atomic E-state index is 12.6. The number of halogens is 3. The minimum atomic E-state index is -4.56. The van der Waals surface area contributed by atoms with E-state index in [1.165, 1.54) is 6.07 Å². The molecule has 0 fully saturated rings. The minimum Gasteiger partial charge on any atom is -0.366 e. The molecule has 0 aliphatic carbocycles. The largest absolute Gasteiger partial charge is 0.451 e. The fourth-order valence-corrected chi connectivity index (χ4v) is 1.51. The van der Waals surface area contributed by atoms with Crippen LogP contribution in [0.25, 0.3) is 10.9 Å². The average molecular weight is 253 g/mol. The molecule has 18 heavy (non-hydrogen) atoms. The number of fused-ring (bicyclic) bond motifs is 1. The molecule has 1 aromatic carbocycles. The molecule has 1 N–H and O–H groups in total. The predicted molar refractivity (Wildman–Crippen MR) is 63.2 cm³/mol. The molecule has 3 nitrogen and oxygen atoms in total. The molecular weight excluding hydrogens is 243 g/mol. The summed E-state index contributed by atoms with van der Waals surface area (Å²) in [5, 5.41) is 3.33. The number of nitrogens with zero attached hydrogens (tertiary/aromatic N) is 2. The number of alkyl halides is 3. The van der Waals surface area contributed by atoms with Crippen LogP contribution in [0.2, 0.25) is 0 Å². The van der Waals surface area contributed by atoms with E-state index in [0.717, 1.165) is 0 Å². The molecule has 2 aromatic rings. The Morgan fingerprint density at radius 3 is 2.61 bits per heavy atom. The summed E-state index contributed by atoms with van der Waals surface area (Å²) in [4.78, 5) is 7.03. The van der Waals surface area contributed by atoms with Crippen LogP contribution < -0.4 is 5.32 Å². The number of aromatic nitrogens is 2. The molecule has 0 aliphatic heterocycles. The summed E-state index contributed by atoms with van der Waals surface area (Å²) in [6.45, 7) is 3.83. The van der Waals surface area contributed by atoms with Gasteiger partial charge in [0.1, 0.15) is 5.82 Å². The van der Waals surface area contributed by atoms with Gasteiger partial charge in [-0.15, -0.1) is 6.58 Å². The number of benzene rings is 1. The second kappa shape index (κ2) is 4.64. The highest BCUT2D eigenvalue weighted by atomic mass is 19.4. The third-order valence-electron chi connectivity index (χ3n) is 2.27. The van der Waals surface area contributed by atoms with E-state index in [9.17, 15) is 13.2 Å². The van der Waals surface area contributed by atoms with Gasteiger partial charge in [-0.2, -0.15) is 13.2 Å². The fourth-order valence-electron chi connectivity index (χ4n) is 1.51. The summed E-state index contributed by atoms with van der Waals surface area (Å²) in [7, 11) is 0. The SMILES string of the molecule is C=CCNc1nc(C(F)(F)F)nc2ccccc12. The maximum atomic E-state index is 12.6. The second-order valence-electron chi connectivity index (χ2n) is 3.58. The van der Waals surface area contributed by atoms with Crippen LogP contribution in [-0.4, -0.2) is 16.5 Å². The first-order valence-electron chi connectivity index (χ1n) is 5.21. The third kappa shape index (κ3) is 2.42. The number of rotatable bonds is 3. The maximum Gasteiger partial charge on any atom is 0.451 e. The van der Waals surface area contributed by atoms with Crippen molar-refractivity contribution in [3.8, 4) is 0 Å². The van der Waals surface area contributed by atoms with Gasteiger partial charge >= 0.3 is 6.18 Å². The Morgan fingerprint density at radius 2 is 1.94 bits per heavy atom. The summed E-state index contributed by atoms with van der Waals surface area (Å²) in [5.74, 6) is -0.986. The van der Waals surface area contributed by atoms with Crippen LogP contribution in [0, 0.1) is 0 Å². The van der Waals surface area contributed by atoms with Gasteiger partial charge in [0.25, 0.3) is 0 Å². The van der Waals surface area contributed by atoms with Gasteiger partial charge in [-0.25, -0.2) is 9.97 Å². The van der Waals surface area contributed by atoms with Crippen LogP contribution in [0.4, 0.5) is 19.0 Å². The number of hydrogen-bond donors (Lipinski definition) is 1. The quantitative estimate of drug-likeness (QED) is 0.853. The highest BCUT2D eigenvalue weighted by molar-refractivity contribution is 5.89. The standard InChI is InChI=1S/C12H10F3N3/c1-2-7-16-10-8-5-3-4-6-9(8)17-11(18-10)12(13,14)15/h2-6H,1,7H2,(H,16,17,18). The highest BCUT2D eigenvalue weighted by Crippen LogP contribution is 2.30. The number of hydrogen-bond acceptors (Lipinski definition) is 3. The van der Waals surface area contributed by atoms with Crippen molar-refractivity contribution in [2.45, 2.75) is 6.18 Å². The van der Waals surface area contributed by atoms with Crippen LogP contribution in [0.15, 0.2) is 36.9 Å². The third-order valence-corrected chi connectivity index (χ3v) is 2.27. The van der Waals surface area contributed by atoms with Gasteiger partial charge in [0.2, 0.25) is 5.82 Å². The molecule has 0 saturated carbocycles. The predicted octanol–water partition coefficient (Wildman–Crippen LogP) is 3.25. The molecular formula is C12H10F3N3. The van der Waals surface area contributed by atoms with E-state index in [-0.39, 0.29) is 11.3 Å². The second-order valence-corrected chi connectivity index (χ2v) is 3.58. The highest BCUT2D eigenvalue weighted by Gasteiger charge is 2.35. The van der Waals surface area contributed by atoms with Gasteiger partial charge in [-0.05, 0) is 12.1 Å². The van der Waals surface area contributed by atoms with E-state index in [1.807, 2.05) is 0 Å². The van der Waals surface area contributed by atoms with Gasteiger partial charge in [-0.1, -0.05) is 18.2 Å². The molecule has 0 amide bonds. The lowest BCUT2D eigenvalue weighted by atomic mass is 10.2. The Labute approximate surface area is 101 Å². The van der Waals surface area contributed by atoms with Crippen LogP contribution in [-0.2, 0) is 6.18 Å². The zero-order valence-electron chi connectivity index (χ0n) is 9.33. The van der Waals surface area contributed by atoms with Crippen molar-refractivity contribution in [2.24, 2.45) is 0 Å². The first-order chi connectivity index (χ1) is 8.52. The lowest BCUT2D eigenvalue weighted by Gasteiger charge is -2.11. The molecule has 0 atom stereocenters. The summed E-state index contributed by atoms with van der Waals surface area (Å²) < 4.78 is 37.9. The van der Waals surface area contributed by atoms with Crippen LogP contribution >= 0.6 is 0 Å². The van der Waals surface area contributed by atoms with Crippen molar-refractivity contribution in [1.29, 1.82) is 0 Å². The summed E-state index contributed by atoms with van der Waals surface area (Å²) >= 11 is 0. The molecule has 6 heteroatoms. The Morgan fingerprint density at radius 1 is 1.22 bits per heavy atom. The van der Waals surface area contributed by atoms with Gasteiger partial charge in [-0.3, -0.25) is 0 Å². The molecule has 0 radical (unpaired) electrons. The van der Waals surface area contributed by atoms with Crippen LogP contribution in [0.5, 0.6) is 0 Å².